The number of nitrogens with one attached hydrogen (secondary N) is 1. The Hall–Kier alpha value is -1.26. The van der Waals surface area contributed by atoms with E-state index in [1.165, 1.54) is 0 Å². The van der Waals surface area contributed by atoms with E-state index >= 15 is 0 Å². The summed E-state index contributed by atoms with van der Waals surface area (Å²) in [4.78, 5) is 24.9. The van der Waals surface area contributed by atoms with E-state index < -0.39 is 11.4 Å². The first-order chi connectivity index (χ1) is 8.26. The van der Waals surface area contributed by atoms with Crippen LogP contribution in [-0.2, 0) is 4.79 Å². The summed E-state index contributed by atoms with van der Waals surface area (Å²) in [6, 6.07) is -0.0566. The molecule has 2 amide bonds. The molecule has 104 valence electrons. The minimum absolute atomic E-state index is 0.0931. The number of urea groups is 1. The SMILES string of the molecule is CC(C)C(C)NC(=O)N1CCCC(C)(C(=O)O)C1. The Balaban J connectivity index is 2.62. The molecule has 1 heterocycles. The third-order valence-corrected chi connectivity index (χ3v) is 3.85. The van der Waals surface area contributed by atoms with Crippen molar-refractivity contribution in [2.24, 2.45) is 11.3 Å². The average Bonchev–Trinajstić information content (AvgIpc) is 2.28. The smallest absolute Gasteiger partial charge is 0.317 e. The lowest BCUT2D eigenvalue weighted by Gasteiger charge is -2.38. The van der Waals surface area contributed by atoms with Crippen LogP contribution in [0.3, 0.4) is 0 Å². The van der Waals surface area contributed by atoms with Gasteiger partial charge in [-0.25, -0.2) is 4.79 Å². The Labute approximate surface area is 109 Å². The maximum absolute atomic E-state index is 12.0. The van der Waals surface area contributed by atoms with Crippen molar-refractivity contribution in [3.05, 3.63) is 0 Å². The molecule has 2 unspecified atom stereocenters. The first-order valence-electron chi connectivity index (χ1n) is 6.55. The highest BCUT2D eigenvalue weighted by Crippen LogP contribution is 2.29. The van der Waals surface area contributed by atoms with Crippen molar-refractivity contribution in [2.75, 3.05) is 13.1 Å². The summed E-state index contributed by atoms with van der Waals surface area (Å²) in [5.74, 6) is -0.457. The molecule has 0 aromatic heterocycles. The molecule has 2 atom stereocenters. The number of amides is 2. The second-order valence-corrected chi connectivity index (χ2v) is 5.87. The normalized spacial score (nSPS) is 25.9. The second-order valence-electron chi connectivity index (χ2n) is 5.87. The number of carbonyl (C=O) groups excluding carboxylic acids is 1. The molecule has 0 saturated carbocycles. The van der Waals surface area contributed by atoms with Crippen molar-refractivity contribution < 1.29 is 14.7 Å². The molecule has 1 rings (SSSR count). The molecule has 5 heteroatoms. The standard InChI is InChI=1S/C13H24N2O3/c1-9(2)10(3)14-12(18)15-7-5-6-13(4,8-15)11(16)17/h9-10H,5-8H2,1-4H3,(H,14,18)(H,16,17). The quantitative estimate of drug-likeness (QED) is 0.810. The highest BCUT2D eigenvalue weighted by atomic mass is 16.4. The Morgan fingerprint density at radius 2 is 1.94 bits per heavy atom. The van der Waals surface area contributed by atoms with Crippen LogP contribution < -0.4 is 5.32 Å². The fourth-order valence-corrected chi connectivity index (χ4v) is 2.04. The topological polar surface area (TPSA) is 69.6 Å². The molecule has 0 spiro atoms. The minimum Gasteiger partial charge on any atom is -0.481 e. The monoisotopic (exact) mass is 256 g/mol. The lowest BCUT2D eigenvalue weighted by molar-refractivity contribution is -0.150. The van der Waals surface area contributed by atoms with E-state index in [4.69, 9.17) is 0 Å². The predicted octanol–water partition coefficient (Wildman–Crippen LogP) is 1.93. The van der Waals surface area contributed by atoms with Crippen LogP contribution in [0.4, 0.5) is 4.79 Å². The van der Waals surface area contributed by atoms with Gasteiger partial charge in [0.25, 0.3) is 0 Å². The first-order valence-corrected chi connectivity index (χ1v) is 6.55. The number of hydrogen-bond acceptors (Lipinski definition) is 2. The van der Waals surface area contributed by atoms with Gasteiger partial charge in [0.2, 0.25) is 0 Å². The fraction of sp³-hybridized carbons (Fsp3) is 0.846. The van der Waals surface area contributed by atoms with Crippen LogP contribution in [0.1, 0.15) is 40.5 Å². The van der Waals surface area contributed by atoms with Crippen LogP contribution in [0.15, 0.2) is 0 Å². The number of hydrogen-bond donors (Lipinski definition) is 2. The van der Waals surface area contributed by atoms with E-state index in [1.807, 2.05) is 20.8 Å². The summed E-state index contributed by atoms with van der Waals surface area (Å²) < 4.78 is 0. The van der Waals surface area contributed by atoms with Crippen LogP contribution in [-0.4, -0.2) is 41.1 Å². The molecule has 0 bridgehead atoms. The Morgan fingerprint density at radius 1 is 1.33 bits per heavy atom. The van der Waals surface area contributed by atoms with Gasteiger partial charge in [-0.3, -0.25) is 4.79 Å². The third kappa shape index (κ3) is 3.37. The highest BCUT2D eigenvalue weighted by Gasteiger charge is 2.39. The third-order valence-electron chi connectivity index (χ3n) is 3.85. The van der Waals surface area contributed by atoms with Gasteiger partial charge in [-0.15, -0.1) is 0 Å². The van der Waals surface area contributed by atoms with Gasteiger partial charge < -0.3 is 15.3 Å². The van der Waals surface area contributed by atoms with Crippen molar-refractivity contribution in [1.82, 2.24) is 10.2 Å². The zero-order chi connectivity index (χ0) is 13.9. The van der Waals surface area contributed by atoms with E-state index in [0.717, 1.165) is 6.42 Å². The average molecular weight is 256 g/mol. The molecule has 0 aromatic rings. The van der Waals surface area contributed by atoms with Crippen LogP contribution in [0, 0.1) is 11.3 Å². The number of aliphatic carboxylic acids is 1. The van der Waals surface area contributed by atoms with Crippen molar-refractivity contribution in [3.63, 3.8) is 0 Å². The largest absolute Gasteiger partial charge is 0.481 e. The minimum atomic E-state index is -0.822. The lowest BCUT2D eigenvalue weighted by Crippen LogP contribution is -2.53. The first kappa shape index (κ1) is 14.8. The molecule has 18 heavy (non-hydrogen) atoms. The summed E-state index contributed by atoms with van der Waals surface area (Å²) in [7, 11) is 0. The molecular formula is C13H24N2O3. The zero-order valence-electron chi connectivity index (χ0n) is 11.7. The van der Waals surface area contributed by atoms with Gasteiger partial charge in [-0.05, 0) is 32.6 Å². The summed E-state index contributed by atoms with van der Waals surface area (Å²) in [6.45, 7) is 8.69. The fourth-order valence-electron chi connectivity index (χ4n) is 2.04. The molecule has 1 aliphatic rings. The van der Waals surface area contributed by atoms with Gasteiger partial charge >= 0.3 is 12.0 Å². The van der Waals surface area contributed by atoms with Crippen molar-refractivity contribution in [2.45, 2.75) is 46.6 Å². The van der Waals surface area contributed by atoms with Gasteiger partial charge in [0.15, 0.2) is 0 Å². The van der Waals surface area contributed by atoms with E-state index in [-0.39, 0.29) is 12.1 Å². The number of rotatable bonds is 3. The molecule has 2 N–H and O–H groups in total. The van der Waals surface area contributed by atoms with Crippen molar-refractivity contribution in [3.8, 4) is 0 Å². The van der Waals surface area contributed by atoms with Crippen LogP contribution in [0.5, 0.6) is 0 Å². The number of carboxylic acid groups (broad SMARTS) is 1. The molecule has 1 fully saturated rings. The van der Waals surface area contributed by atoms with E-state index in [0.29, 0.717) is 25.4 Å². The molecule has 1 aliphatic heterocycles. The Bertz CT molecular complexity index is 330. The maximum Gasteiger partial charge on any atom is 0.317 e. The number of piperidine rings is 1. The summed E-state index contributed by atoms with van der Waals surface area (Å²) >= 11 is 0. The molecule has 5 nitrogen and oxygen atoms in total. The molecule has 0 aliphatic carbocycles. The van der Waals surface area contributed by atoms with E-state index in [1.54, 1.807) is 11.8 Å². The van der Waals surface area contributed by atoms with Gasteiger partial charge in [0.05, 0.1) is 5.41 Å². The second kappa shape index (κ2) is 5.59. The Kier molecular flexibility index (Phi) is 4.59. The van der Waals surface area contributed by atoms with Crippen LogP contribution in [0.25, 0.3) is 0 Å². The lowest BCUT2D eigenvalue weighted by atomic mass is 9.82. The molecular weight excluding hydrogens is 232 g/mol. The predicted molar refractivity (Wildman–Crippen MR) is 69.4 cm³/mol. The summed E-state index contributed by atoms with van der Waals surface area (Å²) in [6.07, 6.45) is 1.37. The molecule has 0 aromatic carbocycles. The van der Waals surface area contributed by atoms with Gasteiger partial charge in [-0.1, -0.05) is 13.8 Å². The van der Waals surface area contributed by atoms with Crippen LogP contribution in [0.2, 0.25) is 0 Å². The Morgan fingerprint density at radius 3 is 2.44 bits per heavy atom. The van der Waals surface area contributed by atoms with Gasteiger partial charge in [0, 0.05) is 19.1 Å². The highest BCUT2D eigenvalue weighted by molar-refractivity contribution is 5.78. The summed E-state index contributed by atoms with van der Waals surface area (Å²) in [5, 5.41) is 12.1. The molecule has 1 saturated heterocycles. The van der Waals surface area contributed by atoms with Crippen molar-refractivity contribution >= 4 is 12.0 Å². The molecule has 0 radical (unpaired) electrons. The number of carboxylic acids is 1. The number of nitrogens with zero attached hydrogens (tertiary/aromatic N) is 1. The summed E-state index contributed by atoms with van der Waals surface area (Å²) in [5.41, 5.74) is -0.809. The van der Waals surface area contributed by atoms with Gasteiger partial charge in [-0.2, -0.15) is 0 Å². The van der Waals surface area contributed by atoms with E-state index in [2.05, 4.69) is 5.32 Å². The number of likely N-dealkylation sites (tertiary alicyclic amines) is 1. The van der Waals surface area contributed by atoms with Crippen LogP contribution >= 0.6 is 0 Å². The number of carbonyl (C=O) groups is 2. The maximum atomic E-state index is 12.0. The van der Waals surface area contributed by atoms with Gasteiger partial charge in [0.1, 0.15) is 0 Å². The van der Waals surface area contributed by atoms with E-state index in [9.17, 15) is 14.7 Å². The zero-order valence-corrected chi connectivity index (χ0v) is 11.7. The van der Waals surface area contributed by atoms with Crippen molar-refractivity contribution in [1.29, 1.82) is 0 Å².